The molecule has 6 nitrogen and oxygen atoms in total. The second kappa shape index (κ2) is 7.86. The van der Waals surface area contributed by atoms with Crippen LogP contribution in [0.5, 0.6) is 0 Å². The van der Waals surface area contributed by atoms with Crippen LogP contribution in [0.3, 0.4) is 0 Å². The van der Waals surface area contributed by atoms with Crippen LogP contribution in [-0.4, -0.2) is 36.6 Å². The number of fused-ring (bicyclic) bond motifs is 1. The second-order valence-electron chi connectivity index (χ2n) is 7.01. The highest BCUT2D eigenvalue weighted by Crippen LogP contribution is 2.26. The molecule has 2 aromatic carbocycles. The van der Waals surface area contributed by atoms with Gasteiger partial charge in [0, 0.05) is 55.1 Å². The quantitative estimate of drug-likeness (QED) is 0.717. The Kier molecular flexibility index (Phi) is 5.12. The largest absolute Gasteiger partial charge is 0.383 e. The van der Waals surface area contributed by atoms with E-state index in [2.05, 4.69) is 9.88 Å². The van der Waals surface area contributed by atoms with Crippen molar-refractivity contribution in [1.29, 1.82) is 0 Å². The van der Waals surface area contributed by atoms with Crippen LogP contribution in [0, 0.1) is 5.92 Å². The van der Waals surface area contributed by atoms with Crippen molar-refractivity contribution in [3.8, 4) is 0 Å². The maximum atomic E-state index is 12.7. The lowest BCUT2D eigenvalue weighted by molar-refractivity contribution is -0.122. The van der Waals surface area contributed by atoms with Crippen molar-refractivity contribution in [2.24, 2.45) is 5.92 Å². The molecule has 1 N–H and O–H groups in total. The zero-order valence-corrected chi connectivity index (χ0v) is 15.8. The van der Waals surface area contributed by atoms with Crippen molar-refractivity contribution >= 4 is 34.1 Å². The van der Waals surface area contributed by atoms with Crippen LogP contribution < -0.4 is 10.2 Å². The van der Waals surface area contributed by atoms with E-state index in [1.54, 1.807) is 12.0 Å². The predicted molar refractivity (Wildman–Crippen MR) is 109 cm³/mol. The summed E-state index contributed by atoms with van der Waals surface area (Å²) in [6.45, 7) is 1.84. The lowest BCUT2D eigenvalue weighted by Gasteiger charge is -2.16. The molecule has 1 aromatic heterocycles. The van der Waals surface area contributed by atoms with Crippen molar-refractivity contribution < 1.29 is 14.3 Å². The highest BCUT2D eigenvalue weighted by molar-refractivity contribution is 6.04. The van der Waals surface area contributed by atoms with Crippen molar-refractivity contribution in [3.05, 3.63) is 60.8 Å². The lowest BCUT2D eigenvalue weighted by atomic mass is 10.1. The molecule has 0 spiro atoms. The molecule has 1 fully saturated rings. The van der Waals surface area contributed by atoms with Crippen LogP contribution in [0.2, 0.25) is 0 Å². The highest BCUT2D eigenvalue weighted by Gasteiger charge is 2.35. The summed E-state index contributed by atoms with van der Waals surface area (Å²) in [5, 5.41) is 4.03. The fourth-order valence-electron chi connectivity index (χ4n) is 3.65. The van der Waals surface area contributed by atoms with E-state index in [4.69, 9.17) is 4.74 Å². The standard InChI is InChI=1S/C22H23N3O3/c1-28-12-11-24-10-9-16-13-18(7-8-20(16)24)23-22(27)17-14-21(26)25(15-17)19-5-3-2-4-6-19/h2-10,13,17H,11-12,14-15H2,1H3,(H,23,27). The first-order valence-corrected chi connectivity index (χ1v) is 9.40. The molecule has 2 heterocycles. The molecule has 0 saturated carbocycles. The molecule has 1 aliphatic rings. The predicted octanol–water partition coefficient (Wildman–Crippen LogP) is 3.28. The fourth-order valence-corrected chi connectivity index (χ4v) is 3.65. The number of hydrogen-bond acceptors (Lipinski definition) is 3. The first-order valence-electron chi connectivity index (χ1n) is 9.40. The summed E-state index contributed by atoms with van der Waals surface area (Å²) >= 11 is 0. The van der Waals surface area contributed by atoms with Gasteiger partial charge in [0.05, 0.1) is 12.5 Å². The molecule has 1 unspecified atom stereocenters. The van der Waals surface area contributed by atoms with E-state index in [9.17, 15) is 9.59 Å². The first kappa shape index (κ1) is 18.3. The normalized spacial score (nSPS) is 16.7. The molecular weight excluding hydrogens is 354 g/mol. The molecule has 2 amide bonds. The summed E-state index contributed by atoms with van der Waals surface area (Å²) < 4.78 is 7.26. The Labute approximate surface area is 163 Å². The number of nitrogens with one attached hydrogen (secondary N) is 1. The monoisotopic (exact) mass is 377 g/mol. The Morgan fingerprint density at radius 2 is 2.00 bits per heavy atom. The van der Waals surface area contributed by atoms with Gasteiger partial charge in [-0.1, -0.05) is 18.2 Å². The average molecular weight is 377 g/mol. The van der Waals surface area contributed by atoms with Crippen LogP contribution >= 0.6 is 0 Å². The molecule has 1 aliphatic heterocycles. The van der Waals surface area contributed by atoms with Gasteiger partial charge in [-0.2, -0.15) is 0 Å². The Bertz CT molecular complexity index is 997. The Hall–Kier alpha value is -3.12. The van der Waals surface area contributed by atoms with Gasteiger partial charge >= 0.3 is 0 Å². The van der Waals surface area contributed by atoms with E-state index in [1.807, 2.05) is 60.8 Å². The number of carbonyl (C=O) groups is 2. The molecule has 1 atom stereocenters. The van der Waals surface area contributed by atoms with Gasteiger partial charge in [-0.15, -0.1) is 0 Å². The highest BCUT2D eigenvalue weighted by atomic mass is 16.5. The van der Waals surface area contributed by atoms with Gasteiger partial charge < -0.3 is 19.5 Å². The van der Waals surface area contributed by atoms with Gasteiger partial charge in [-0.3, -0.25) is 9.59 Å². The van der Waals surface area contributed by atoms with E-state index in [-0.39, 0.29) is 24.2 Å². The van der Waals surface area contributed by atoms with Gasteiger partial charge in [0.2, 0.25) is 11.8 Å². The molecule has 0 bridgehead atoms. The van der Waals surface area contributed by atoms with Gasteiger partial charge in [-0.05, 0) is 36.4 Å². The maximum Gasteiger partial charge on any atom is 0.229 e. The molecule has 0 aliphatic carbocycles. The Morgan fingerprint density at radius 1 is 1.18 bits per heavy atom. The number of anilines is 2. The van der Waals surface area contributed by atoms with Crippen LogP contribution in [0.4, 0.5) is 11.4 Å². The minimum Gasteiger partial charge on any atom is -0.383 e. The van der Waals surface area contributed by atoms with E-state index >= 15 is 0 Å². The van der Waals surface area contributed by atoms with E-state index in [0.717, 1.165) is 28.8 Å². The van der Waals surface area contributed by atoms with Gasteiger partial charge in [0.25, 0.3) is 0 Å². The number of ether oxygens (including phenoxy) is 1. The van der Waals surface area contributed by atoms with Crippen molar-refractivity contribution in [1.82, 2.24) is 4.57 Å². The molecule has 3 aromatic rings. The van der Waals surface area contributed by atoms with Crippen molar-refractivity contribution in [2.75, 3.05) is 30.5 Å². The fraction of sp³-hybridized carbons (Fsp3) is 0.273. The third-order valence-electron chi connectivity index (χ3n) is 5.14. The summed E-state index contributed by atoms with van der Waals surface area (Å²) in [6.07, 6.45) is 2.25. The molecule has 6 heteroatoms. The van der Waals surface area contributed by atoms with E-state index in [1.165, 1.54) is 0 Å². The second-order valence-corrected chi connectivity index (χ2v) is 7.01. The molecule has 1 saturated heterocycles. The van der Waals surface area contributed by atoms with Gasteiger partial charge in [0.1, 0.15) is 0 Å². The van der Waals surface area contributed by atoms with Crippen LogP contribution in [-0.2, 0) is 20.9 Å². The molecule has 28 heavy (non-hydrogen) atoms. The number of amides is 2. The molecule has 144 valence electrons. The molecular formula is C22H23N3O3. The summed E-state index contributed by atoms with van der Waals surface area (Å²) in [4.78, 5) is 26.7. The van der Waals surface area contributed by atoms with Crippen LogP contribution in [0.1, 0.15) is 6.42 Å². The number of carbonyl (C=O) groups excluding carboxylic acids is 2. The number of nitrogens with zero attached hydrogens (tertiary/aromatic N) is 2. The first-order chi connectivity index (χ1) is 13.7. The van der Waals surface area contributed by atoms with Gasteiger partial charge in [0.15, 0.2) is 0 Å². The summed E-state index contributed by atoms with van der Waals surface area (Å²) in [7, 11) is 1.69. The SMILES string of the molecule is COCCn1ccc2cc(NC(=O)C3CC(=O)N(c4ccccc4)C3)ccc21. The van der Waals surface area contributed by atoms with E-state index < -0.39 is 0 Å². The zero-order chi connectivity index (χ0) is 19.5. The summed E-state index contributed by atoms with van der Waals surface area (Å²) in [6, 6.07) is 17.4. The molecule has 4 rings (SSSR count). The van der Waals surface area contributed by atoms with Crippen molar-refractivity contribution in [2.45, 2.75) is 13.0 Å². The zero-order valence-electron chi connectivity index (χ0n) is 15.8. The minimum atomic E-state index is -0.352. The smallest absolute Gasteiger partial charge is 0.229 e. The number of hydrogen-bond donors (Lipinski definition) is 1. The average Bonchev–Trinajstić information content (AvgIpc) is 3.30. The number of para-hydroxylation sites is 1. The third kappa shape index (κ3) is 3.64. The number of rotatable bonds is 6. The summed E-state index contributed by atoms with van der Waals surface area (Å²) in [5.74, 6) is -0.489. The van der Waals surface area contributed by atoms with Crippen molar-refractivity contribution in [3.63, 3.8) is 0 Å². The number of aromatic nitrogens is 1. The van der Waals surface area contributed by atoms with E-state index in [0.29, 0.717) is 13.2 Å². The third-order valence-corrected chi connectivity index (χ3v) is 5.14. The summed E-state index contributed by atoms with van der Waals surface area (Å²) in [5.41, 5.74) is 2.68. The number of methoxy groups -OCH3 is 1. The van der Waals surface area contributed by atoms with Crippen LogP contribution in [0.25, 0.3) is 10.9 Å². The lowest BCUT2D eigenvalue weighted by Crippen LogP contribution is -2.28. The maximum absolute atomic E-state index is 12.7. The molecule has 0 radical (unpaired) electrons. The van der Waals surface area contributed by atoms with Crippen LogP contribution in [0.15, 0.2) is 60.8 Å². The Morgan fingerprint density at radius 3 is 2.79 bits per heavy atom. The number of benzene rings is 2. The Balaban J connectivity index is 1.44. The topological polar surface area (TPSA) is 63.6 Å². The van der Waals surface area contributed by atoms with Gasteiger partial charge in [-0.25, -0.2) is 0 Å². The minimum absolute atomic E-state index is 0.0166.